The molecule has 0 fully saturated rings. The van der Waals surface area contributed by atoms with E-state index in [1.807, 2.05) is 30.3 Å². The van der Waals surface area contributed by atoms with Gasteiger partial charge in [0.1, 0.15) is 10.6 Å². The number of aromatic amines is 1. The lowest BCUT2D eigenvalue weighted by Crippen LogP contribution is -2.16. The first-order valence-corrected chi connectivity index (χ1v) is 8.38. The second kappa shape index (κ2) is 7.08. The summed E-state index contributed by atoms with van der Waals surface area (Å²) in [6, 6.07) is 10.9. The highest BCUT2D eigenvalue weighted by atomic mass is 35.5. The third-order valence-corrected chi connectivity index (χ3v) is 4.45. The number of hydrogen-bond acceptors (Lipinski definition) is 5. The summed E-state index contributed by atoms with van der Waals surface area (Å²) in [6.07, 6.45) is 0.0842. The normalized spacial score (nSPS) is 10.7. The summed E-state index contributed by atoms with van der Waals surface area (Å²) >= 11 is 12.2. The Bertz CT molecular complexity index is 890. The van der Waals surface area contributed by atoms with Crippen LogP contribution in [0.3, 0.4) is 0 Å². The fourth-order valence-corrected chi connectivity index (χ4v) is 3.14. The number of thiazole rings is 1. The molecule has 5 nitrogen and oxygen atoms in total. The van der Waals surface area contributed by atoms with Gasteiger partial charge in [0.05, 0.1) is 12.1 Å². The van der Waals surface area contributed by atoms with Crippen molar-refractivity contribution in [2.75, 3.05) is 11.9 Å². The number of fused-ring (bicyclic) bond motifs is 1. The van der Waals surface area contributed by atoms with Crippen LogP contribution < -0.4 is 5.32 Å². The molecular formula is C15H12ClN3O2S2. The maximum atomic E-state index is 11.8. The maximum absolute atomic E-state index is 11.8. The summed E-state index contributed by atoms with van der Waals surface area (Å²) in [6.45, 7) is 0.277. The van der Waals surface area contributed by atoms with Crippen molar-refractivity contribution in [1.82, 2.24) is 9.97 Å². The molecule has 118 valence electrons. The fourth-order valence-electron chi connectivity index (χ4n) is 1.96. The number of H-pyrrole nitrogens is 1. The molecule has 0 unspecified atom stereocenters. The average molecular weight is 366 g/mol. The minimum Gasteiger partial charge on any atom is -0.449 e. The molecule has 3 rings (SSSR count). The molecule has 8 heteroatoms. The number of carbonyl (C=O) groups excluding carboxylic acids is 1. The number of anilines is 1. The first-order valence-electron chi connectivity index (χ1n) is 6.78. The van der Waals surface area contributed by atoms with Crippen molar-refractivity contribution in [3.05, 3.63) is 50.9 Å². The van der Waals surface area contributed by atoms with Gasteiger partial charge in [-0.3, -0.25) is 5.32 Å². The van der Waals surface area contributed by atoms with Crippen LogP contribution in [0.2, 0.25) is 5.02 Å². The maximum Gasteiger partial charge on any atom is 0.412 e. The van der Waals surface area contributed by atoms with Crippen molar-refractivity contribution in [2.45, 2.75) is 6.42 Å². The largest absolute Gasteiger partial charge is 0.449 e. The predicted octanol–water partition coefficient (Wildman–Crippen LogP) is 4.80. The van der Waals surface area contributed by atoms with Gasteiger partial charge >= 0.3 is 6.09 Å². The van der Waals surface area contributed by atoms with Crippen LogP contribution in [0.1, 0.15) is 5.56 Å². The van der Waals surface area contributed by atoms with Crippen LogP contribution in [0.25, 0.3) is 10.3 Å². The minimum atomic E-state index is -0.537. The zero-order valence-electron chi connectivity index (χ0n) is 11.8. The molecule has 0 atom stereocenters. The summed E-state index contributed by atoms with van der Waals surface area (Å²) < 4.78 is 5.80. The number of aromatic nitrogens is 2. The molecule has 0 spiro atoms. The van der Waals surface area contributed by atoms with Crippen molar-refractivity contribution in [3.63, 3.8) is 0 Å². The van der Waals surface area contributed by atoms with Gasteiger partial charge in [-0.25, -0.2) is 9.78 Å². The standard InChI is InChI=1S/C15H12ClN3O2S2/c16-10-3-1-9(2-4-10)7-8-21-14(20)19-12-6-5-11-13(18-12)23-15(22)17-11/h1-6H,7-8H2,(H,17,22)(H,18,19,20). The molecule has 1 aromatic carbocycles. The molecular weight excluding hydrogens is 354 g/mol. The molecule has 2 heterocycles. The number of pyridine rings is 1. The number of benzene rings is 1. The summed E-state index contributed by atoms with van der Waals surface area (Å²) in [5.41, 5.74) is 1.90. The Kier molecular flexibility index (Phi) is 4.90. The molecule has 0 bridgehead atoms. The number of nitrogens with zero attached hydrogens (tertiary/aromatic N) is 1. The van der Waals surface area contributed by atoms with Crippen molar-refractivity contribution in [3.8, 4) is 0 Å². The van der Waals surface area contributed by atoms with Gasteiger partial charge in [-0.2, -0.15) is 0 Å². The predicted molar refractivity (Wildman–Crippen MR) is 94.9 cm³/mol. The molecule has 2 N–H and O–H groups in total. The minimum absolute atomic E-state index is 0.277. The van der Waals surface area contributed by atoms with Gasteiger partial charge in [-0.05, 0) is 42.0 Å². The SMILES string of the molecule is O=C(Nc1ccc2[nH]c(=S)sc2n1)OCCc1ccc(Cl)cc1. The smallest absolute Gasteiger partial charge is 0.412 e. The van der Waals surface area contributed by atoms with Gasteiger partial charge in [0.15, 0.2) is 3.95 Å². The molecule has 0 saturated heterocycles. The third-order valence-electron chi connectivity index (χ3n) is 3.05. The highest BCUT2D eigenvalue weighted by molar-refractivity contribution is 7.73. The second-order valence-corrected chi connectivity index (χ2v) is 6.80. The van der Waals surface area contributed by atoms with Crippen molar-refractivity contribution >= 4 is 57.4 Å². The van der Waals surface area contributed by atoms with Gasteiger partial charge in [0, 0.05) is 11.4 Å². The Morgan fingerprint density at radius 1 is 1.30 bits per heavy atom. The van der Waals surface area contributed by atoms with Crippen molar-refractivity contribution in [1.29, 1.82) is 0 Å². The average Bonchev–Trinajstić information content (AvgIpc) is 2.88. The highest BCUT2D eigenvalue weighted by Crippen LogP contribution is 2.19. The van der Waals surface area contributed by atoms with Crippen molar-refractivity contribution < 1.29 is 9.53 Å². The number of rotatable bonds is 4. The van der Waals surface area contributed by atoms with Crippen LogP contribution in [0.5, 0.6) is 0 Å². The number of halogens is 1. The first kappa shape index (κ1) is 15.9. The zero-order chi connectivity index (χ0) is 16.2. The van der Waals surface area contributed by atoms with Crippen LogP contribution in [-0.2, 0) is 11.2 Å². The van der Waals surface area contributed by atoms with E-state index in [9.17, 15) is 4.79 Å². The Balaban J connectivity index is 1.53. The van der Waals surface area contributed by atoms with E-state index in [1.165, 1.54) is 11.3 Å². The van der Waals surface area contributed by atoms with E-state index in [0.29, 0.717) is 21.2 Å². The lowest BCUT2D eigenvalue weighted by atomic mass is 10.2. The molecule has 1 amide bonds. The van der Waals surface area contributed by atoms with E-state index in [0.717, 1.165) is 15.9 Å². The number of nitrogens with one attached hydrogen (secondary N) is 2. The molecule has 2 aromatic heterocycles. The zero-order valence-corrected chi connectivity index (χ0v) is 14.2. The van der Waals surface area contributed by atoms with E-state index < -0.39 is 6.09 Å². The Morgan fingerprint density at radius 2 is 2.09 bits per heavy atom. The Morgan fingerprint density at radius 3 is 2.87 bits per heavy atom. The van der Waals surface area contributed by atoms with E-state index >= 15 is 0 Å². The van der Waals surface area contributed by atoms with Crippen LogP contribution in [0, 0.1) is 3.95 Å². The molecule has 0 aliphatic heterocycles. The summed E-state index contributed by atoms with van der Waals surface area (Å²) in [4.78, 5) is 19.8. The van der Waals surface area contributed by atoms with Crippen LogP contribution >= 0.6 is 35.2 Å². The lowest BCUT2D eigenvalue weighted by Gasteiger charge is -2.06. The first-order chi connectivity index (χ1) is 11.1. The van der Waals surface area contributed by atoms with Crippen LogP contribution in [0.15, 0.2) is 36.4 Å². The third kappa shape index (κ3) is 4.28. The molecule has 3 aromatic rings. The molecule has 0 saturated carbocycles. The van der Waals surface area contributed by atoms with Crippen molar-refractivity contribution in [2.24, 2.45) is 0 Å². The van der Waals surface area contributed by atoms with Gasteiger partial charge in [-0.1, -0.05) is 35.1 Å². The Labute approximate surface area is 146 Å². The number of ether oxygens (including phenoxy) is 1. The van der Waals surface area contributed by atoms with Gasteiger partial charge in [0.2, 0.25) is 0 Å². The fraction of sp³-hybridized carbons (Fsp3) is 0.133. The van der Waals surface area contributed by atoms with E-state index in [-0.39, 0.29) is 6.61 Å². The molecule has 0 aliphatic carbocycles. The van der Waals surface area contributed by atoms with Crippen LogP contribution in [-0.4, -0.2) is 22.7 Å². The lowest BCUT2D eigenvalue weighted by molar-refractivity contribution is 0.163. The number of amides is 1. The number of hydrogen-bond donors (Lipinski definition) is 2. The molecule has 0 aliphatic rings. The van der Waals surface area contributed by atoms with E-state index in [4.69, 9.17) is 28.6 Å². The van der Waals surface area contributed by atoms with Gasteiger partial charge in [0.25, 0.3) is 0 Å². The summed E-state index contributed by atoms with van der Waals surface area (Å²) in [5.74, 6) is 0.430. The van der Waals surface area contributed by atoms with E-state index in [1.54, 1.807) is 6.07 Å². The van der Waals surface area contributed by atoms with E-state index in [2.05, 4.69) is 15.3 Å². The van der Waals surface area contributed by atoms with Gasteiger partial charge < -0.3 is 9.72 Å². The Hall–Kier alpha value is -1.96. The second-order valence-electron chi connectivity index (χ2n) is 4.70. The quantitative estimate of drug-likeness (QED) is 0.652. The topological polar surface area (TPSA) is 67.0 Å². The monoisotopic (exact) mass is 365 g/mol. The highest BCUT2D eigenvalue weighted by Gasteiger charge is 2.06. The van der Waals surface area contributed by atoms with Crippen LogP contribution in [0.4, 0.5) is 10.6 Å². The number of carbonyl (C=O) groups is 1. The summed E-state index contributed by atoms with van der Waals surface area (Å²) in [7, 11) is 0. The van der Waals surface area contributed by atoms with Gasteiger partial charge in [-0.15, -0.1) is 0 Å². The molecule has 0 radical (unpaired) electrons. The molecule has 23 heavy (non-hydrogen) atoms. The summed E-state index contributed by atoms with van der Waals surface area (Å²) in [5, 5.41) is 3.29.